The van der Waals surface area contributed by atoms with Gasteiger partial charge in [0.25, 0.3) is 5.91 Å². The van der Waals surface area contributed by atoms with Crippen molar-refractivity contribution in [1.82, 2.24) is 24.5 Å². The molecule has 0 bridgehead atoms. The largest absolute Gasteiger partial charge is 0.459 e. The van der Waals surface area contributed by atoms with Gasteiger partial charge in [0, 0.05) is 32.7 Å². The van der Waals surface area contributed by atoms with Gasteiger partial charge in [-0.2, -0.15) is 0 Å². The van der Waals surface area contributed by atoms with Crippen molar-refractivity contribution in [3.8, 4) is 0 Å². The van der Waals surface area contributed by atoms with Crippen molar-refractivity contribution in [1.29, 1.82) is 0 Å². The summed E-state index contributed by atoms with van der Waals surface area (Å²) in [6, 6.07) is 11.3. The zero-order valence-electron chi connectivity index (χ0n) is 16.7. The van der Waals surface area contributed by atoms with Crippen molar-refractivity contribution in [3.05, 3.63) is 54.2 Å². The summed E-state index contributed by atoms with van der Waals surface area (Å²) in [6.07, 6.45) is 1.30. The Morgan fingerprint density at radius 3 is 2.67 bits per heavy atom. The number of nitrogens with zero attached hydrogens (tertiary/aromatic N) is 5. The standard InChI is InChI=1S/C21H25N5O4/c27-15-19-22-16-4-1-2-5-17(16)26(19)20-14-25(11-13-30-20)24-9-7-23(8-10-24)21(28)18-6-3-12-29-18/h1-6,12,20,27H,7-11,13-15H2. The van der Waals surface area contributed by atoms with Crippen LogP contribution in [0.1, 0.15) is 22.6 Å². The van der Waals surface area contributed by atoms with Gasteiger partial charge >= 0.3 is 0 Å². The molecule has 2 aliphatic heterocycles. The lowest BCUT2D eigenvalue weighted by Crippen LogP contribution is -2.58. The van der Waals surface area contributed by atoms with Gasteiger partial charge in [-0.25, -0.2) is 15.0 Å². The highest BCUT2D eigenvalue weighted by molar-refractivity contribution is 5.91. The van der Waals surface area contributed by atoms with E-state index in [-0.39, 0.29) is 18.7 Å². The molecule has 0 spiro atoms. The van der Waals surface area contributed by atoms with Crippen LogP contribution in [0.5, 0.6) is 0 Å². The lowest BCUT2D eigenvalue weighted by atomic mass is 10.3. The van der Waals surface area contributed by atoms with Crippen molar-refractivity contribution in [3.63, 3.8) is 0 Å². The van der Waals surface area contributed by atoms with Crippen molar-refractivity contribution >= 4 is 16.9 Å². The second-order valence-corrected chi connectivity index (χ2v) is 7.51. The van der Waals surface area contributed by atoms with Crippen LogP contribution in [0.25, 0.3) is 11.0 Å². The third-order valence-electron chi connectivity index (χ3n) is 5.80. The van der Waals surface area contributed by atoms with Crippen LogP contribution in [-0.2, 0) is 11.3 Å². The van der Waals surface area contributed by atoms with E-state index in [9.17, 15) is 9.90 Å². The summed E-state index contributed by atoms with van der Waals surface area (Å²) in [5.74, 6) is 0.937. The topological polar surface area (TPSA) is 87.2 Å². The van der Waals surface area contributed by atoms with Gasteiger partial charge in [-0.3, -0.25) is 9.36 Å². The number of aliphatic hydroxyl groups excluding tert-OH is 1. The van der Waals surface area contributed by atoms with E-state index in [4.69, 9.17) is 9.15 Å². The molecule has 3 aromatic rings. The van der Waals surface area contributed by atoms with E-state index in [2.05, 4.69) is 15.0 Å². The molecule has 0 saturated carbocycles. The number of furan rings is 1. The Balaban J connectivity index is 1.27. The lowest BCUT2D eigenvalue weighted by molar-refractivity contribution is -0.153. The van der Waals surface area contributed by atoms with E-state index < -0.39 is 0 Å². The van der Waals surface area contributed by atoms with Crippen LogP contribution in [-0.4, -0.2) is 81.4 Å². The molecule has 9 heteroatoms. The number of piperazine rings is 1. The van der Waals surface area contributed by atoms with Crippen LogP contribution in [0, 0.1) is 0 Å². The van der Waals surface area contributed by atoms with Gasteiger partial charge in [-0.05, 0) is 24.3 Å². The van der Waals surface area contributed by atoms with E-state index in [1.807, 2.05) is 33.7 Å². The van der Waals surface area contributed by atoms with Crippen molar-refractivity contribution in [2.75, 3.05) is 45.9 Å². The number of hydrogen-bond acceptors (Lipinski definition) is 7. The fourth-order valence-corrected chi connectivity index (χ4v) is 4.30. The Morgan fingerprint density at radius 2 is 1.90 bits per heavy atom. The molecular weight excluding hydrogens is 386 g/mol. The van der Waals surface area contributed by atoms with Crippen LogP contribution in [0.15, 0.2) is 47.1 Å². The number of ether oxygens (including phenoxy) is 1. The molecule has 5 rings (SSSR count). The van der Waals surface area contributed by atoms with Gasteiger partial charge in [0.15, 0.2) is 5.76 Å². The number of hydrazine groups is 1. The minimum atomic E-state index is -0.226. The number of aliphatic hydroxyl groups is 1. The summed E-state index contributed by atoms with van der Waals surface area (Å²) >= 11 is 0. The molecule has 0 radical (unpaired) electrons. The highest BCUT2D eigenvalue weighted by Crippen LogP contribution is 2.26. The van der Waals surface area contributed by atoms with Gasteiger partial charge in [-0.1, -0.05) is 12.1 Å². The monoisotopic (exact) mass is 411 g/mol. The second-order valence-electron chi connectivity index (χ2n) is 7.51. The molecular formula is C21H25N5O4. The number of hydrogen-bond donors (Lipinski definition) is 1. The first-order valence-corrected chi connectivity index (χ1v) is 10.3. The van der Waals surface area contributed by atoms with Crippen LogP contribution in [0.4, 0.5) is 0 Å². The van der Waals surface area contributed by atoms with Crippen LogP contribution < -0.4 is 0 Å². The molecule has 2 aliphatic rings. The SMILES string of the molecule is O=C(c1ccco1)N1CCN(N2CCOC(n3c(CO)nc4ccccc43)C2)CC1. The predicted molar refractivity (Wildman–Crippen MR) is 108 cm³/mol. The average molecular weight is 411 g/mol. The molecule has 9 nitrogen and oxygen atoms in total. The quantitative estimate of drug-likeness (QED) is 0.693. The van der Waals surface area contributed by atoms with Gasteiger partial charge in [0.05, 0.1) is 30.4 Å². The van der Waals surface area contributed by atoms with E-state index in [1.165, 1.54) is 6.26 Å². The molecule has 30 heavy (non-hydrogen) atoms. The number of carbonyl (C=O) groups excluding carboxylic acids is 1. The van der Waals surface area contributed by atoms with Crippen LogP contribution >= 0.6 is 0 Å². The molecule has 1 atom stereocenters. The first-order valence-electron chi connectivity index (χ1n) is 10.3. The molecule has 1 amide bonds. The van der Waals surface area contributed by atoms with E-state index >= 15 is 0 Å². The molecule has 1 N–H and O–H groups in total. The Morgan fingerprint density at radius 1 is 1.07 bits per heavy atom. The Labute approximate surface area is 174 Å². The number of morpholine rings is 1. The number of amides is 1. The number of imidazole rings is 1. The number of para-hydroxylation sites is 2. The zero-order valence-corrected chi connectivity index (χ0v) is 16.7. The number of fused-ring (bicyclic) bond motifs is 1. The van der Waals surface area contributed by atoms with Gasteiger partial charge in [-0.15, -0.1) is 0 Å². The maximum absolute atomic E-state index is 12.5. The highest BCUT2D eigenvalue weighted by Gasteiger charge is 2.31. The van der Waals surface area contributed by atoms with Crippen molar-refractivity contribution < 1.29 is 19.1 Å². The highest BCUT2D eigenvalue weighted by atomic mass is 16.5. The zero-order chi connectivity index (χ0) is 20.5. The van der Waals surface area contributed by atoms with Gasteiger partial charge in [0.1, 0.15) is 18.7 Å². The number of rotatable bonds is 4. The summed E-state index contributed by atoms with van der Waals surface area (Å²) in [6.45, 7) is 4.74. The summed E-state index contributed by atoms with van der Waals surface area (Å²) < 4.78 is 13.3. The number of aromatic nitrogens is 2. The third-order valence-corrected chi connectivity index (χ3v) is 5.80. The Bertz CT molecular complexity index is 1010. The molecule has 1 aromatic carbocycles. The van der Waals surface area contributed by atoms with Crippen LogP contribution in [0.2, 0.25) is 0 Å². The molecule has 1 unspecified atom stereocenters. The van der Waals surface area contributed by atoms with Crippen LogP contribution in [0.3, 0.4) is 0 Å². The predicted octanol–water partition coefficient (Wildman–Crippen LogP) is 1.33. The lowest BCUT2D eigenvalue weighted by Gasteiger charge is -2.44. The smallest absolute Gasteiger partial charge is 0.289 e. The van der Waals surface area contributed by atoms with Gasteiger partial charge < -0.3 is 19.2 Å². The minimum Gasteiger partial charge on any atom is -0.459 e. The van der Waals surface area contributed by atoms with Crippen molar-refractivity contribution in [2.24, 2.45) is 0 Å². The van der Waals surface area contributed by atoms with E-state index in [1.54, 1.807) is 12.1 Å². The molecule has 2 aromatic heterocycles. The first kappa shape index (κ1) is 19.3. The fraction of sp³-hybridized carbons (Fsp3) is 0.429. The summed E-state index contributed by atoms with van der Waals surface area (Å²) in [4.78, 5) is 18.9. The second kappa shape index (κ2) is 8.19. The number of benzene rings is 1. The third kappa shape index (κ3) is 3.50. The normalized spacial score (nSPS) is 21.4. The summed E-state index contributed by atoms with van der Waals surface area (Å²) in [5, 5.41) is 14.4. The molecule has 2 saturated heterocycles. The molecule has 2 fully saturated rings. The Hall–Kier alpha value is -2.72. The Kier molecular flexibility index (Phi) is 5.26. The average Bonchev–Trinajstić information content (AvgIpc) is 3.47. The summed E-state index contributed by atoms with van der Waals surface area (Å²) in [7, 11) is 0. The minimum absolute atomic E-state index is 0.0584. The fourth-order valence-electron chi connectivity index (χ4n) is 4.30. The summed E-state index contributed by atoms with van der Waals surface area (Å²) in [5.41, 5.74) is 1.81. The molecule has 158 valence electrons. The van der Waals surface area contributed by atoms with Gasteiger partial charge in [0.2, 0.25) is 0 Å². The van der Waals surface area contributed by atoms with Crippen molar-refractivity contribution in [2.45, 2.75) is 12.8 Å². The first-order chi connectivity index (χ1) is 14.7. The maximum atomic E-state index is 12.5. The maximum Gasteiger partial charge on any atom is 0.289 e. The van der Waals surface area contributed by atoms with E-state index in [0.717, 1.165) is 30.7 Å². The van der Waals surface area contributed by atoms with E-state index in [0.29, 0.717) is 37.8 Å². The molecule has 4 heterocycles. The number of carbonyl (C=O) groups is 1. The molecule has 0 aliphatic carbocycles.